The van der Waals surface area contributed by atoms with Crippen LogP contribution >= 0.6 is 0 Å². The standard InChI is InChI=1S/C14H25N3O3/c1-14(10-20-9-12(14)15)13(18)17-3-2-11(8-17)16-4-6-19-7-5-16/h11-12H,2-10,15H2,1H3. The van der Waals surface area contributed by atoms with Gasteiger partial charge in [0.05, 0.1) is 31.8 Å². The van der Waals surface area contributed by atoms with Crippen LogP contribution in [0.1, 0.15) is 13.3 Å². The minimum atomic E-state index is -0.542. The molecule has 114 valence electrons. The van der Waals surface area contributed by atoms with Crippen molar-refractivity contribution in [1.29, 1.82) is 0 Å². The molecule has 0 radical (unpaired) electrons. The Kier molecular flexibility index (Phi) is 3.99. The molecule has 0 aromatic rings. The summed E-state index contributed by atoms with van der Waals surface area (Å²) >= 11 is 0. The van der Waals surface area contributed by atoms with Gasteiger partial charge in [-0.15, -0.1) is 0 Å². The van der Waals surface area contributed by atoms with E-state index in [1.807, 2.05) is 11.8 Å². The van der Waals surface area contributed by atoms with Gasteiger partial charge in [-0.25, -0.2) is 0 Å². The molecule has 3 heterocycles. The number of likely N-dealkylation sites (tertiary alicyclic amines) is 1. The zero-order valence-electron chi connectivity index (χ0n) is 12.2. The molecule has 0 bridgehead atoms. The maximum absolute atomic E-state index is 12.7. The molecule has 0 aromatic heterocycles. The summed E-state index contributed by atoms with van der Waals surface area (Å²) in [5.41, 5.74) is 5.52. The molecule has 3 aliphatic rings. The first kappa shape index (κ1) is 14.3. The molecule has 6 nitrogen and oxygen atoms in total. The predicted octanol–water partition coefficient (Wildman–Crippen LogP) is -0.717. The van der Waals surface area contributed by atoms with Gasteiger partial charge in [-0.2, -0.15) is 0 Å². The van der Waals surface area contributed by atoms with Crippen LogP contribution in [0.15, 0.2) is 0 Å². The van der Waals surface area contributed by atoms with Crippen molar-refractivity contribution in [3.63, 3.8) is 0 Å². The Balaban J connectivity index is 1.60. The lowest BCUT2D eigenvalue weighted by Crippen LogP contribution is -2.52. The Labute approximate surface area is 120 Å². The molecule has 0 aliphatic carbocycles. The van der Waals surface area contributed by atoms with Crippen molar-refractivity contribution in [2.75, 3.05) is 52.6 Å². The van der Waals surface area contributed by atoms with Gasteiger partial charge in [0.25, 0.3) is 0 Å². The lowest BCUT2D eigenvalue weighted by Gasteiger charge is -2.33. The molecule has 0 saturated carbocycles. The molecular weight excluding hydrogens is 258 g/mol. The van der Waals surface area contributed by atoms with E-state index < -0.39 is 5.41 Å². The summed E-state index contributed by atoms with van der Waals surface area (Å²) < 4.78 is 10.8. The molecule has 20 heavy (non-hydrogen) atoms. The highest BCUT2D eigenvalue weighted by molar-refractivity contribution is 5.84. The van der Waals surface area contributed by atoms with Crippen molar-refractivity contribution in [1.82, 2.24) is 9.80 Å². The number of amides is 1. The predicted molar refractivity (Wildman–Crippen MR) is 74.3 cm³/mol. The lowest BCUT2D eigenvalue weighted by atomic mass is 9.84. The van der Waals surface area contributed by atoms with E-state index in [2.05, 4.69) is 4.90 Å². The Morgan fingerprint density at radius 1 is 1.25 bits per heavy atom. The van der Waals surface area contributed by atoms with Gasteiger partial charge in [0, 0.05) is 38.3 Å². The average Bonchev–Trinajstić information content (AvgIpc) is 3.08. The van der Waals surface area contributed by atoms with Gasteiger partial charge in [0.2, 0.25) is 5.91 Å². The van der Waals surface area contributed by atoms with Crippen molar-refractivity contribution >= 4 is 5.91 Å². The number of nitrogens with two attached hydrogens (primary N) is 1. The van der Waals surface area contributed by atoms with Crippen LogP contribution in [0.25, 0.3) is 0 Å². The maximum atomic E-state index is 12.7. The van der Waals surface area contributed by atoms with Crippen molar-refractivity contribution in [2.24, 2.45) is 11.1 Å². The van der Waals surface area contributed by atoms with Crippen molar-refractivity contribution in [3.8, 4) is 0 Å². The number of morpholine rings is 1. The number of ether oxygens (including phenoxy) is 2. The fraction of sp³-hybridized carbons (Fsp3) is 0.929. The third-order valence-corrected chi connectivity index (χ3v) is 5.02. The summed E-state index contributed by atoms with van der Waals surface area (Å²) in [7, 11) is 0. The van der Waals surface area contributed by atoms with E-state index in [1.54, 1.807) is 0 Å². The topological polar surface area (TPSA) is 68.0 Å². The highest BCUT2D eigenvalue weighted by Crippen LogP contribution is 2.31. The SMILES string of the molecule is CC1(C(=O)N2CCC(N3CCOCC3)C2)COCC1N. The Morgan fingerprint density at radius 3 is 2.65 bits per heavy atom. The van der Waals surface area contributed by atoms with Crippen molar-refractivity contribution < 1.29 is 14.3 Å². The van der Waals surface area contributed by atoms with Gasteiger partial charge >= 0.3 is 0 Å². The number of nitrogens with zero attached hydrogens (tertiary/aromatic N) is 2. The van der Waals surface area contributed by atoms with E-state index in [0.29, 0.717) is 19.3 Å². The Morgan fingerprint density at radius 2 is 2.00 bits per heavy atom. The third kappa shape index (κ3) is 2.45. The summed E-state index contributed by atoms with van der Waals surface area (Å²) in [6.45, 7) is 8.11. The highest BCUT2D eigenvalue weighted by atomic mass is 16.5. The van der Waals surface area contributed by atoms with Gasteiger partial charge in [-0.3, -0.25) is 9.69 Å². The van der Waals surface area contributed by atoms with E-state index >= 15 is 0 Å². The summed E-state index contributed by atoms with van der Waals surface area (Å²) in [5, 5.41) is 0. The van der Waals surface area contributed by atoms with E-state index in [9.17, 15) is 4.79 Å². The van der Waals surface area contributed by atoms with Gasteiger partial charge in [0.15, 0.2) is 0 Å². The van der Waals surface area contributed by atoms with Crippen molar-refractivity contribution in [3.05, 3.63) is 0 Å². The molecular formula is C14H25N3O3. The number of carbonyl (C=O) groups excluding carboxylic acids is 1. The third-order valence-electron chi connectivity index (χ3n) is 5.02. The molecule has 0 aromatic carbocycles. The van der Waals surface area contributed by atoms with E-state index in [-0.39, 0.29) is 11.9 Å². The van der Waals surface area contributed by atoms with E-state index in [4.69, 9.17) is 15.2 Å². The summed E-state index contributed by atoms with van der Waals surface area (Å²) in [6.07, 6.45) is 1.05. The minimum Gasteiger partial charge on any atom is -0.379 e. The number of hydrogen-bond donors (Lipinski definition) is 1. The van der Waals surface area contributed by atoms with Crippen molar-refractivity contribution in [2.45, 2.75) is 25.4 Å². The minimum absolute atomic E-state index is 0.165. The molecule has 3 atom stereocenters. The van der Waals surface area contributed by atoms with Crippen LogP contribution in [0.2, 0.25) is 0 Å². The van der Waals surface area contributed by atoms with Crippen LogP contribution in [0.5, 0.6) is 0 Å². The molecule has 3 rings (SSSR count). The van der Waals surface area contributed by atoms with Crippen LogP contribution in [-0.4, -0.2) is 80.4 Å². The maximum Gasteiger partial charge on any atom is 0.232 e. The summed E-state index contributed by atoms with van der Waals surface area (Å²) in [5.74, 6) is 0.165. The zero-order chi connectivity index (χ0) is 14.2. The van der Waals surface area contributed by atoms with E-state index in [1.165, 1.54) is 0 Å². The second-order valence-corrected chi connectivity index (χ2v) is 6.38. The van der Waals surface area contributed by atoms with Gasteiger partial charge in [-0.1, -0.05) is 0 Å². The fourth-order valence-corrected chi connectivity index (χ4v) is 3.44. The first-order chi connectivity index (χ1) is 9.61. The number of hydrogen-bond acceptors (Lipinski definition) is 5. The molecule has 3 aliphatic heterocycles. The van der Waals surface area contributed by atoms with Crippen LogP contribution in [-0.2, 0) is 14.3 Å². The van der Waals surface area contributed by atoms with Gasteiger partial charge in [-0.05, 0) is 13.3 Å². The zero-order valence-corrected chi connectivity index (χ0v) is 12.2. The van der Waals surface area contributed by atoms with Crippen LogP contribution in [0, 0.1) is 5.41 Å². The molecule has 3 saturated heterocycles. The van der Waals surface area contributed by atoms with Crippen LogP contribution in [0.4, 0.5) is 0 Å². The summed E-state index contributed by atoms with van der Waals surface area (Å²) in [4.78, 5) is 17.2. The lowest BCUT2D eigenvalue weighted by molar-refractivity contribution is -0.140. The molecule has 0 spiro atoms. The largest absolute Gasteiger partial charge is 0.379 e. The first-order valence-electron chi connectivity index (χ1n) is 7.56. The molecule has 1 amide bonds. The average molecular weight is 283 g/mol. The van der Waals surface area contributed by atoms with Crippen LogP contribution in [0.3, 0.4) is 0 Å². The quantitative estimate of drug-likeness (QED) is 0.724. The van der Waals surface area contributed by atoms with Crippen LogP contribution < -0.4 is 5.73 Å². The highest BCUT2D eigenvalue weighted by Gasteiger charge is 2.47. The van der Waals surface area contributed by atoms with Gasteiger partial charge < -0.3 is 20.1 Å². The van der Waals surface area contributed by atoms with Gasteiger partial charge in [0.1, 0.15) is 0 Å². The molecule has 2 N–H and O–H groups in total. The molecule has 3 unspecified atom stereocenters. The second kappa shape index (κ2) is 5.60. The number of rotatable bonds is 2. The summed E-state index contributed by atoms with van der Waals surface area (Å²) in [6, 6.07) is 0.294. The number of carbonyl (C=O) groups is 1. The molecule has 6 heteroatoms. The first-order valence-corrected chi connectivity index (χ1v) is 7.56. The second-order valence-electron chi connectivity index (χ2n) is 6.38. The molecule has 3 fully saturated rings. The monoisotopic (exact) mass is 283 g/mol. The smallest absolute Gasteiger partial charge is 0.232 e. The van der Waals surface area contributed by atoms with E-state index in [0.717, 1.165) is 45.8 Å². The normalized spacial score (nSPS) is 39.4. The fourth-order valence-electron chi connectivity index (χ4n) is 3.44. The Bertz CT molecular complexity index is 373. The Hall–Kier alpha value is -0.690.